The summed E-state index contributed by atoms with van der Waals surface area (Å²) in [6, 6.07) is 0.622. The lowest BCUT2D eigenvalue weighted by Gasteiger charge is -2.23. The number of carbonyl (C=O) groups excluding carboxylic acids is 1. The Balaban J connectivity index is 2.07. The van der Waals surface area contributed by atoms with Crippen molar-refractivity contribution >= 4 is 5.91 Å². The van der Waals surface area contributed by atoms with E-state index in [2.05, 4.69) is 36.4 Å². The summed E-state index contributed by atoms with van der Waals surface area (Å²) in [4.78, 5) is 14.1. The van der Waals surface area contributed by atoms with Crippen molar-refractivity contribution in [1.82, 2.24) is 15.5 Å². The first-order valence-corrected chi connectivity index (χ1v) is 6.82. The molecule has 17 heavy (non-hydrogen) atoms. The topological polar surface area (TPSA) is 44.4 Å². The third-order valence-electron chi connectivity index (χ3n) is 3.50. The highest BCUT2D eigenvalue weighted by molar-refractivity contribution is 5.81. The van der Waals surface area contributed by atoms with Gasteiger partial charge in [0.1, 0.15) is 0 Å². The number of hydrogen-bond acceptors (Lipinski definition) is 3. The lowest BCUT2D eigenvalue weighted by atomic mass is 10.0. The Kier molecular flexibility index (Phi) is 6.52. The maximum absolute atomic E-state index is 11.8. The van der Waals surface area contributed by atoms with Gasteiger partial charge in [0, 0.05) is 12.6 Å². The quantitative estimate of drug-likeness (QED) is 0.681. The molecule has 4 heteroatoms. The van der Waals surface area contributed by atoms with Gasteiger partial charge in [-0.3, -0.25) is 4.79 Å². The largest absolute Gasteiger partial charge is 0.355 e. The molecule has 0 bridgehead atoms. The Hall–Kier alpha value is -0.610. The summed E-state index contributed by atoms with van der Waals surface area (Å²) in [5.74, 6) is 0.178. The maximum atomic E-state index is 11.8. The van der Waals surface area contributed by atoms with E-state index in [1.165, 1.54) is 12.8 Å². The second kappa shape index (κ2) is 7.67. The predicted octanol–water partition coefficient (Wildman–Crippen LogP) is 0.975. The Morgan fingerprint density at radius 1 is 1.47 bits per heavy atom. The highest BCUT2D eigenvalue weighted by atomic mass is 16.2. The first-order valence-electron chi connectivity index (χ1n) is 6.82. The number of amides is 1. The van der Waals surface area contributed by atoms with E-state index in [1.807, 2.05) is 0 Å². The molecule has 1 aliphatic rings. The first-order chi connectivity index (χ1) is 8.11. The molecule has 4 nitrogen and oxygen atoms in total. The molecule has 1 aliphatic heterocycles. The molecular formula is C13H27N3O. The molecule has 0 aromatic rings. The predicted molar refractivity (Wildman–Crippen MR) is 71.0 cm³/mol. The number of piperidine rings is 1. The fraction of sp³-hybridized carbons (Fsp3) is 0.923. The van der Waals surface area contributed by atoms with E-state index < -0.39 is 0 Å². The molecule has 0 aromatic carbocycles. The highest BCUT2D eigenvalue weighted by Crippen LogP contribution is 2.06. The van der Waals surface area contributed by atoms with Crippen LogP contribution in [0.25, 0.3) is 0 Å². The maximum Gasteiger partial charge on any atom is 0.237 e. The van der Waals surface area contributed by atoms with Crippen LogP contribution in [0.1, 0.15) is 39.5 Å². The van der Waals surface area contributed by atoms with Crippen molar-refractivity contribution in [1.29, 1.82) is 0 Å². The van der Waals surface area contributed by atoms with E-state index in [1.54, 1.807) is 0 Å². The van der Waals surface area contributed by atoms with Gasteiger partial charge in [-0.25, -0.2) is 0 Å². The van der Waals surface area contributed by atoms with Crippen LogP contribution >= 0.6 is 0 Å². The minimum Gasteiger partial charge on any atom is -0.355 e. The Morgan fingerprint density at radius 3 is 2.82 bits per heavy atom. The molecular weight excluding hydrogens is 214 g/mol. The number of nitrogens with one attached hydrogen (secondary N) is 2. The molecule has 1 unspecified atom stereocenters. The molecule has 0 aromatic heterocycles. The van der Waals surface area contributed by atoms with Crippen LogP contribution in [-0.4, -0.2) is 49.6 Å². The number of hydrogen-bond donors (Lipinski definition) is 2. The van der Waals surface area contributed by atoms with Crippen LogP contribution in [0.4, 0.5) is 0 Å². The third kappa shape index (κ3) is 5.50. The van der Waals surface area contributed by atoms with E-state index in [0.29, 0.717) is 6.04 Å². The molecule has 1 fully saturated rings. The molecule has 1 amide bonds. The fourth-order valence-electron chi connectivity index (χ4n) is 2.00. The SMILES string of the molecule is CC(C)N(C)CCCNC(=O)C1CCCCN1. The van der Waals surface area contributed by atoms with Crippen molar-refractivity contribution in [3.05, 3.63) is 0 Å². The van der Waals surface area contributed by atoms with Crippen molar-refractivity contribution in [3.8, 4) is 0 Å². The van der Waals surface area contributed by atoms with Crippen molar-refractivity contribution in [2.24, 2.45) is 0 Å². The van der Waals surface area contributed by atoms with E-state index in [4.69, 9.17) is 0 Å². The summed E-state index contributed by atoms with van der Waals surface area (Å²) >= 11 is 0. The molecule has 2 N–H and O–H groups in total. The molecule has 1 heterocycles. The van der Waals surface area contributed by atoms with E-state index >= 15 is 0 Å². The zero-order valence-electron chi connectivity index (χ0n) is 11.5. The molecule has 0 aliphatic carbocycles. The van der Waals surface area contributed by atoms with Gasteiger partial charge in [-0.2, -0.15) is 0 Å². The molecule has 0 radical (unpaired) electrons. The normalized spacial score (nSPS) is 20.9. The van der Waals surface area contributed by atoms with Crippen LogP contribution in [0.3, 0.4) is 0 Å². The monoisotopic (exact) mass is 241 g/mol. The van der Waals surface area contributed by atoms with Gasteiger partial charge in [-0.15, -0.1) is 0 Å². The van der Waals surface area contributed by atoms with E-state index in [9.17, 15) is 4.79 Å². The van der Waals surface area contributed by atoms with Gasteiger partial charge in [0.15, 0.2) is 0 Å². The fourth-order valence-corrected chi connectivity index (χ4v) is 2.00. The summed E-state index contributed by atoms with van der Waals surface area (Å²) < 4.78 is 0. The van der Waals surface area contributed by atoms with Crippen LogP contribution in [0.5, 0.6) is 0 Å². The van der Waals surface area contributed by atoms with Gasteiger partial charge in [-0.1, -0.05) is 6.42 Å². The standard InChI is InChI=1S/C13H27N3O/c1-11(2)16(3)10-6-9-15-13(17)12-7-4-5-8-14-12/h11-12,14H,4-10H2,1-3H3,(H,15,17). The summed E-state index contributed by atoms with van der Waals surface area (Å²) in [5.41, 5.74) is 0. The minimum atomic E-state index is 0.0478. The van der Waals surface area contributed by atoms with E-state index in [0.717, 1.165) is 32.5 Å². The smallest absolute Gasteiger partial charge is 0.237 e. The second-order valence-electron chi connectivity index (χ2n) is 5.22. The zero-order valence-corrected chi connectivity index (χ0v) is 11.5. The number of nitrogens with zero attached hydrogens (tertiary/aromatic N) is 1. The van der Waals surface area contributed by atoms with Gasteiger partial charge >= 0.3 is 0 Å². The third-order valence-corrected chi connectivity index (χ3v) is 3.50. The number of rotatable bonds is 6. The summed E-state index contributed by atoms with van der Waals surface area (Å²) in [6.07, 6.45) is 4.37. The molecule has 100 valence electrons. The summed E-state index contributed by atoms with van der Waals surface area (Å²) in [6.45, 7) is 7.17. The van der Waals surface area contributed by atoms with Crippen molar-refractivity contribution in [3.63, 3.8) is 0 Å². The Morgan fingerprint density at radius 2 is 2.24 bits per heavy atom. The van der Waals surface area contributed by atoms with E-state index in [-0.39, 0.29) is 11.9 Å². The molecule has 1 rings (SSSR count). The highest BCUT2D eigenvalue weighted by Gasteiger charge is 2.19. The van der Waals surface area contributed by atoms with Crippen LogP contribution in [0.15, 0.2) is 0 Å². The van der Waals surface area contributed by atoms with Crippen molar-refractivity contribution < 1.29 is 4.79 Å². The zero-order chi connectivity index (χ0) is 12.7. The first kappa shape index (κ1) is 14.5. The van der Waals surface area contributed by atoms with Crippen molar-refractivity contribution in [2.45, 2.75) is 51.6 Å². The molecule has 0 spiro atoms. The lowest BCUT2D eigenvalue weighted by molar-refractivity contribution is -0.123. The summed E-state index contributed by atoms with van der Waals surface area (Å²) in [5, 5.41) is 6.28. The van der Waals surface area contributed by atoms with Crippen LogP contribution in [0.2, 0.25) is 0 Å². The Bertz CT molecular complexity index is 225. The van der Waals surface area contributed by atoms with Gasteiger partial charge in [0.25, 0.3) is 0 Å². The average molecular weight is 241 g/mol. The van der Waals surface area contributed by atoms with Gasteiger partial charge < -0.3 is 15.5 Å². The van der Waals surface area contributed by atoms with Crippen molar-refractivity contribution in [2.75, 3.05) is 26.7 Å². The average Bonchev–Trinajstić information content (AvgIpc) is 2.35. The number of carbonyl (C=O) groups is 1. The molecule has 1 atom stereocenters. The van der Waals surface area contributed by atoms with Crippen LogP contribution < -0.4 is 10.6 Å². The molecule has 1 saturated heterocycles. The van der Waals surface area contributed by atoms with Crippen LogP contribution in [-0.2, 0) is 4.79 Å². The lowest BCUT2D eigenvalue weighted by Crippen LogP contribution is -2.47. The van der Waals surface area contributed by atoms with Gasteiger partial charge in [-0.05, 0) is 53.2 Å². The molecule has 0 saturated carbocycles. The van der Waals surface area contributed by atoms with Gasteiger partial charge in [0.2, 0.25) is 5.91 Å². The second-order valence-corrected chi connectivity index (χ2v) is 5.22. The minimum absolute atomic E-state index is 0.0478. The Labute approximate surface area is 105 Å². The van der Waals surface area contributed by atoms with Gasteiger partial charge in [0.05, 0.1) is 6.04 Å². The summed E-state index contributed by atoms with van der Waals surface area (Å²) in [7, 11) is 2.12. The van der Waals surface area contributed by atoms with Crippen LogP contribution in [0, 0.1) is 0 Å².